The van der Waals surface area contributed by atoms with Gasteiger partial charge in [-0.05, 0) is 36.1 Å². The van der Waals surface area contributed by atoms with Gasteiger partial charge in [0.05, 0.1) is 0 Å². The number of fused-ring (bicyclic) bond motifs is 2. The molecule has 1 aromatic carbocycles. The van der Waals surface area contributed by atoms with E-state index < -0.39 is 6.09 Å². The van der Waals surface area contributed by atoms with Crippen molar-refractivity contribution < 1.29 is 9.90 Å². The number of nitrogen functional groups attached to an aromatic ring is 1. The summed E-state index contributed by atoms with van der Waals surface area (Å²) in [5, 5.41) is 9.24. The van der Waals surface area contributed by atoms with E-state index in [9.17, 15) is 9.90 Å². The van der Waals surface area contributed by atoms with Gasteiger partial charge in [-0.25, -0.2) is 4.79 Å². The Kier molecular flexibility index (Phi) is 2.40. The first-order valence-electron chi connectivity index (χ1n) is 7.28. The fourth-order valence-electron chi connectivity index (χ4n) is 4.21. The van der Waals surface area contributed by atoms with Gasteiger partial charge in [-0.15, -0.1) is 0 Å². The van der Waals surface area contributed by atoms with E-state index in [1.807, 2.05) is 0 Å². The average molecular weight is 273 g/mol. The number of hydrogen-bond donors (Lipinski definition) is 2. The summed E-state index contributed by atoms with van der Waals surface area (Å²) in [4.78, 5) is 15.2. The monoisotopic (exact) mass is 273 g/mol. The van der Waals surface area contributed by atoms with Crippen LogP contribution in [0.4, 0.5) is 16.2 Å². The molecule has 1 amide bonds. The molecule has 5 heteroatoms. The molecule has 1 fully saturated rings. The Morgan fingerprint density at radius 3 is 2.95 bits per heavy atom. The second-order valence-corrected chi connectivity index (χ2v) is 6.22. The van der Waals surface area contributed by atoms with E-state index in [2.05, 4.69) is 17.0 Å². The summed E-state index contributed by atoms with van der Waals surface area (Å²) in [5.74, 6) is 0.726. The van der Waals surface area contributed by atoms with Gasteiger partial charge in [-0.3, -0.25) is 0 Å². The third-order valence-corrected chi connectivity index (χ3v) is 5.00. The third-order valence-electron chi connectivity index (χ3n) is 5.00. The Morgan fingerprint density at radius 1 is 1.30 bits per heavy atom. The van der Waals surface area contributed by atoms with Crippen molar-refractivity contribution in [2.75, 3.05) is 36.8 Å². The predicted molar refractivity (Wildman–Crippen MR) is 77.2 cm³/mol. The number of anilines is 2. The molecule has 3 aliphatic heterocycles. The summed E-state index contributed by atoms with van der Waals surface area (Å²) in [7, 11) is 0. The van der Waals surface area contributed by atoms with Gasteiger partial charge in [0.25, 0.3) is 0 Å². The van der Waals surface area contributed by atoms with Crippen molar-refractivity contribution in [2.24, 2.45) is 5.92 Å². The molecule has 5 nitrogen and oxygen atoms in total. The van der Waals surface area contributed by atoms with E-state index >= 15 is 0 Å². The summed E-state index contributed by atoms with van der Waals surface area (Å²) >= 11 is 0. The molecule has 106 valence electrons. The largest absolute Gasteiger partial charge is 0.465 e. The minimum Gasteiger partial charge on any atom is -0.465 e. The van der Waals surface area contributed by atoms with Gasteiger partial charge in [0, 0.05) is 49.4 Å². The summed E-state index contributed by atoms with van der Waals surface area (Å²) in [6.45, 7) is 3.34. The molecule has 0 saturated carbocycles. The smallest absolute Gasteiger partial charge is 0.407 e. The molecular formula is C15H19N3O2. The second-order valence-electron chi connectivity index (χ2n) is 6.22. The first kappa shape index (κ1) is 11.9. The summed E-state index contributed by atoms with van der Waals surface area (Å²) in [6, 6.07) is 4.16. The molecule has 0 radical (unpaired) electrons. The average Bonchev–Trinajstić information content (AvgIpc) is 2.83. The lowest BCUT2D eigenvalue weighted by molar-refractivity contribution is 0.154. The highest BCUT2D eigenvalue weighted by Crippen LogP contribution is 2.47. The maximum absolute atomic E-state index is 11.2. The quantitative estimate of drug-likeness (QED) is 0.706. The number of benzene rings is 1. The minimum absolute atomic E-state index is 0.317. The highest BCUT2D eigenvalue weighted by atomic mass is 16.4. The van der Waals surface area contributed by atoms with Gasteiger partial charge in [-0.1, -0.05) is 0 Å². The van der Waals surface area contributed by atoms with E-state index in [-0.39, 0.29) is 0 Å². The van der Waals surface area contributed by atoms with Crippen LogP contribution in [0.2, 0.25) is 0 Å². The Hall–Kier alpha value is -1.91. The number of carboxylic acid groups (broad SMARTS) is 1. The molecule has 0 aliphatic carbocycles. The lowest BCUT2D eigenvalue weighted by atomic mass is 9.80. The molecule has 20 heavy (non-hydrogen) atoms. The van der Waals surface area contributed by atoms with E-state index in [0.717, 1.165) is 31.6 Å². The molecule has 0 unspecified atom stereocenters. The Balaban J connectivity index is 1.81. The highest BCUT2D eigenvalue weighted by molar-refractivity contribution is 5.71. The highest BCUT2D eigenvalue weighted by Gasteiger charge is 2.43. The Labute approximate surface area is 118 Å². The second kappa shape index (κ2) is 4.04. The lowest BCUT2D eigenvalue weighted by Gasteiger charge is -2.41. The predicted octanol–water partition coefficient (Wildman–Crippen LogP) is 1.73. The standard InChI is InChI=1S/C15H19N3O2/c16-11-4-9-2-1-3-17-6-10-7-18(15(19)20)8-13(10)12(5-11)14(9)17/h4-5,10,13H,1-3,6-8,16H2,(H,19,20)/t10-,13+/m0/s1. The van der Waals surface area contributed by atoms with Crippen LogP contribution in [0.5, 0.6) is 0 Å². The molecule has 0 aromatic heterocycles. The Morgan fingerprint density at radius 2 is 2.15 bits per heavy atom. The van der Waals surface area contributed by atoms with E-state index in [1.54, 1.807) is 4.90 Å². The topological polar surface area (TPSA) is 69.8 Å². The van der Waals surface area contributed by atoms with Crippen LogP contribution in [0.3, 0.4) is 0 Å². The van der Waals surface area contributed by atoms with E-state index in [1.165, 1.54) is 16.8 Å². The number of nitrogens with zero attached hydrogens (tertiary/aromatic N) is 2. The number of likely N-dealkylation sites (tertiary alicyclic amines) is 1. The van der Waals surface area contributed by atoms with Crippen LogP contribution in [0, 0.1) is 5.92 Å². The van der Waals surface area contributed by atoms with Gasteiger partial charge < -0.3 is 20.6 Å². The van der Waals surface area contributed by atoms with Gasteiger partial charge in [0.15, 0.2) is 0 Å². The molecule has 1 aromatic rings. The van der Waals surface area contributed by atoms with Crippen LogP contribution in [0.1, 0.15) is 23.5 Å². The number of carbonyl (C=O) groups is 1. The van der Waals surface area contributed by atoms with Gasteiger partial charge in [0.1, 0.15) is 0 Å². The van der Waals surface area contributed by atoms with Crippen LogP contribution in [0.15, 0.2) is 12.1 Å². The molecule has 1 saturated heterocycles. The first-order chi connectivity index (χ1) is 9.63. The number of hydrogen-bond acceptors (Lipinski definition) is 3. The zero-order chi connectivity index (χ0) is 13.9. The molecular weight excluding hydrogens is 254 g/mol. The van der Waals surface area contributed by atoms with Crippen molar-refractivity contribution in [1.29, 1.82) is 0 Å². The normalized spacial score (nSPS) is 27.2. The van der Waals surface area contributed by atoms with Crippen molar-refractivity contribution >= 4 is 17.5 Å². The van der Waals surface area contributed by atoms with Gasteiger partial charge in [-0.2, -0.15) is 0 Å². The summed E-state index contributed by atoms with van der Waals surface area (Å²) in [5.41, 5.74) is 10.8. The fraction of sp³-hybridized carbons (Fsp3) is 0.533. The van der Waals surface area contributed by atoms with Crippen LogP contribution in [-0.4, -0.2) is 42.3 Å². The SMILES string of the molecule is Nc1cc2c3c(c1)[C@@H]1CN(C(=O)O)C[C@@H]1CN3CCC2. The molecule has 3 N–H and O–H groups in total. The molecule has 2 atom stereocenters. The van der Waals surface area contributed by atoms with Gasteiger partial charge in [0.2, 0.25) is 0 Å². The van der Waals surface area contributed by atoms with Crippen molar-refractivity contribution in [3.63, 3.8) is 0 Å². The number of aryl methyl sites for hydroxylation is 1. The van der Waals surface area contributed by atoms with Crippen LogP contribution >= 0.6 is 0 Å². The minimum atomic E-state index is -0.800. The third kappa shape index (κ3) is 1.58. The van der Waals surface area contributed by atoms with Crippen LogP contribution < -0.4 is 10.6 Å². The molecule has 3 heterocycles. The molecule has 4 rings (SSSR count). The maximum atomic E-state index is 11.2. The molecule has 0 bridgehead atoms. The fourth-order valence-corrected chi connectivity index (χ4v) is 4.21. The number of amides is 1. The van der Waals surface area contributed by atoms with Crippen LogP contribution in [0.25, 0.3) is 0 Å². The Bertz CT molecular complexity index is 587. The first-order valence-corrected chi connectivity index (χ1v) is 7.28. The summed E-state index contributed by atoms with van der Waals surface area (Å²) in [6.07, 6.45) is 1.45. The zero-order valence-corrected chi connectivity index (χ0v) is 11.4. The van der Waals surface area contributed by atoms with Crippen molar-refractivity contribution in [3.05, 3.63) is 23.3 Å². The summed E-state index contributed by atoms with van der Waals surface area (Å²) < 4.78 is 0. The molecule has 0 spiro atoms. The lowest BCUT2D eigenvalue weighted by Crippen LogP contribution is -2.41. The maximum Gasteiger partial charge on any atom is 0.407 e. The van der Waals surface area contributed by atoms with Crippen molar-refractivity contribution in [3.8, 4) is 0 Å². The number of rotatable bonds is 0. The van der Waals surface area contributed by atoms with E-state index in [0.29, 0.717) is 24.9 Å². The van der Waals surface area contributed by atoms with Crippen molar-refractivity contribution in [1.82, 2.24) is 4.90 Å². The van der Waals surface area contributed by atoms with Crippen LogP contribution in [-0.2, 0) is 6.42 Å². The van der Waals surface area contributed by atoms with Crippen molar-refractivity contribution in [2.45, 2.75) is 18.8 Å². The molecule has 3 aliphatic rings. The zero-order valence-electron chi connectivity index (χ0n) is 11.4. The van der Waals surface area contributed by atoms with E-state index in [4.69, 9.17) is 5.73 Å². The number of nitrogens with two attached hydrogens (primary N) is 1. The van der Waals surface area contributed by atoms with Gasteiger partial charge >= 0.3 is 6.09 Å².